The summed E-state index contributed by atoms with van der Waals surface area (Å²) in [5.41, 5.74) is 3.05. The minimum atomic E-state index is -0.225. The Bertz CT molecular complexity index is 1120. The number of rotatable bonds is 7. The second-order valence-corrected chi connectivity index (χ2v) is 9.75. The van der Waals surface area contributed by atoms with Crippen LogP contribution in [-0.2, 0) is 0 Å². The van der Waals surface area contributed by atoms with Crippen LogP contribution in [0, 0.1) is 0 Å². The van der Waals surface area contributed by atoms with Crippen molar-refractivity contribution in [2.24, 2.45) is 0 Å². The van der Waals surface area contributed by atoms with Crippen LogP contribution in [0.25, 0.3) is 11.1 Å². The number of halogens is 1. The number of para-hydroxylation sites is 1. The third-order valence-electron chi connectivity index (χ3n) is 6.02. The van der Waals surface area contributed by atoms with E-state index in [9.17, 15) is 9.59 Å². The molecule has 0 saturated carbocycles. The summed E-state index contributed by atoms with van der Waals surface area (Å²) < 4.78 is 0. The molecule has 0 unspecified atom stereocenters. The average Bonchev–Trinajstić information content (AvgIpc) is 3.36. The summed E-state index contributed by atoms with van der Waals surface area (Å²) in [6.07, 6.45) is 3.77. The van der Waals surface area contributed by atoms with E-state index in [0.29, 0.717) is 23.8 Å². The predicted octanol–water partition coefficient (Wildman–Crippen LogP) is 6.40. The summed E-state index contributed by atoms with van der Waals surface area (Å²) in [7, 11) is 0. The first-order valence-corrected chi connectivity index (χ1v) is 13.0. The summed E-state index contributed by atoms with van der Waals surface area (Å²) in [6, 6.07) is 15.3. The van der Waals surface area contributed by atoms with Crippen molar-refractivity contribution in [3.05, 3.63) is 69.6 Å². The van der Waals surface area contributed by atoms with Crippen LogP contribution in [0.3, 0.4) is 0 Å². The minimum absolute atomic E-state index is 0.0189. The fraction of sp³-hybridized carbons (Fsp3) is 0.346. The van der Waals surface area contributed by atoms with Gasteiger partial charge in [-0.15, -0.1) is 11.3 Å². The highest BCUT2D eigenvalue weighted by Gasteiger charge is 2.26. The van der Waals surface area contributed by atoms with Crippen LogP contribution in [-0.4, -0.2) is 41.5 Å². The van der Waals surface area contributed by atoms with Crippen molar-refractivity contribution in [3.8, 4) is 11.1 Å². The molecule has 0 radical (unpaired) electrons. The van der Waals surface area contributed by atoms with Crippen LogP contribution in [0.1, 0.15) is 54.0 Å². The molecule has 178 valence electrons. The summed E-state index contributed by atoms with van der Waals surface area (Å²) in [4.78, 5) is 31.8. The number of nitrogens with one attached hydrogen (secondary N) is 2. The number of likely N-dealkylation sites (tertiary alicyclic amines) is 1. The van der Waals surface area contributed by atoms with E-state index in [1.165, 1.54) is 11.3 Å². The van der Waals surface area contributed by atoms with Crippen LogP contribution in [0.4, 0.5) is 10.5 Å². The van der Waals surface area contributed by atoms with Crippen molar-refractivity contribution in [2.75, 3.05) is 25.0 Å². The van der Waals surface area contributed by atoms with Gasteiger partial charge in [-0.25, -0.2) is 9.78 Å². The van der Waals surface area contributed by atoms with Gasteiger partial charge in [0.15, 0.2) is 0 Å². The van der Waals surface area contributed by atoms with Gasteiger partial charge < -0.3 is 15.5 Å². The number of hydrogen-bond donors (Lipinski definition) is 2. The van der Waals surface area contributed by atoms with E-state index >= 15 is 0 Å². The zero-order valence-corrected chi connectivity index (χ0v) is 20.8. The average molecular weight is 497 g/mol. The molecule has 1 saturated heterocycles. The number of carbonyl (C=O) groups excluding carboxylic acids is 2. The van der Waals surface area contributed by atoms with Gasteiger partial charge in [0.1, 0.15) is 5.69 Å². The summed E-state index contributed by atoms with van der Waals surface area (Å²) in [5, 5.41) is 9.45. The van der Waals surface area contributed by atoms with Crippen molar-refractivity contribution in [1.29, 1.82) is 0 Å². The number of carbonyl (C=O) groups is 2. The summed E-state index contributed by atoms with van der Waals surface area (Å²) >= 11 is 7.54. The quantitative estimate of drug-likeness (QED) is 0.371. The van der Waals surface area contributed by atoms with Gasteiger partial charge in [0, 0.05) is 47.2 Å². The summed E-state index contributed by atoms with van der Waals surface area (Å²) in [5.74, 6) is 0.0456. The lowest BCUT2D eigenvalue weighted by Crippen LogP contribution is -2.44. The van der Waals surface area contributed by atoms with Crippen molar-refractivity contribution >= 4 is 40.6 Å². The van der Waals surface area contributed by atoms with Crippen LogP contribution in [0.15, 0.2) is 53.9 Å². The van der Waals surface area contributed by atoms with E-state index in [4.69, 9.17) is 11.6 Å². The molecule has 8 heteroatoms. The molecule has 0 bridgehead atoms. The first-order valence-electron chi connectivity index (χ1n) is 11.7. The monoisotopic (exact) mass is 496 g/mol. The molecule has 2 heterocycles. The summed E-state index contributed by atoms with van der Waals surface area (Å²) in [6.45, 7) is 4.25. The molecule has 34 heavy (non-hydrogen) atoms. The van der Waals surface area contributed by atoms with Crippen molar-refractivity contribution in [2.45, 2.75) is 38.5 Å². The molecule has 2 N–H and O–H groups in total. The Morgan fingerprint density at radius 1 is 1.12 bits per heavy atom. The Labute approximate surface area is 209 Å². The molecule has 0 spiro atoms. The second kappa shape index (κ2) is 11.5. The number of anilines is 1. The van der Waals surface area contributed by atoms with Gasteiger partial charge in [0.25, 0.3) is 5.91 Å². The molecule has 2 aromatic carbocycles. The standard InChI is InChI=1S/C26H29ClN4O2S/c1-2-3-14-28-26(33)31-15-12-19(13-16-31)25-30-23(17-34-25)24(32)29-22-7-5-4-6-21(22)18-8-10-20(27)11-9-18/h4-11,17,19H,2-3,12-16H2,1H3,(H,28,33)(H,29,32). The molecule has 6 nitrogen and oxygen atoms in total. The van der Waals surface area contributed by atoms with Gasteiger partial charge in [-0.2, -0.15) is 0 Å². The fourth-order valence-corrected chi connectivity index (χ4v) is 5.15. The molecule has 1 aromatic heterocycles. The number of thiazole rings is 1. The molecule has 0 atom stereocenters. The number of piperidine rings is 1. The van der Waals surface area contributed by atoms with E-state index < -0.39 is 0 Å². The highest BCUT2D eigenvalue weighted by atomic mass is 35.5. The second-order valence-electron chi connectivity index (χ2n) is 8.42. The first-order chi connectivity index (χ1) is 16.5. The maximum absolute atomic E-state index is 13.0. The highest BCUT2D eigenvalue weighted by molar-refractivity contribution is 7.10. The number of aromatic nitrogens is 1. The van der Waals surface area contributed by atoms with Crippen molar-refractivity contribution in [3.63, 3.8) is 0 Å². The van der Waals surface area contributed by atoms with E-state index in [1.807, 2.05) is 58.8 Å². The van der Waals surface area contributed by atoms with Crippen LogP contribution < -0.4 is 10.6 Å². The molecule has 3 amide bonds. The van der Waals surface area contributed by atoms with Gasteiger partial charge in [-0.05, 0) is 43.0 Å². The maximum atomic E-state index is 13.0. The molecule has 1 aliphatic heterocycles. The number of nitrogens with zero attached hydrogens (tertiary/aromatic N) is 2. The highest BCUT2D eigenvalue weighted by Crippen LogP contribution is 2.32. The fourth-order valence-electron chi connectivity index (χ4n) is 4.05. The maximum Gasteiger partial charge on any atom is 0.317 e. The topological polar surface area (TPSA) is 74.3 Å². The third-order valence-corrected chi connectivity index (χ3v) is 7.28. The Morgan fingerprint density at radius 3 is 2.59 bits per heavy atom. The third kappa shape index (κ3) is 5.96. The molecule has 1 aliphatic rings. The minimum Gasteiger partial charge on any atom is -0.338 e. The lowest BCUT2D eigenvalue weighted by atomic mass is 9.98. The van der Waals surface area contributed by atoms with Gasteiger partial charge in [-0.3, -0.25) is 4.79 Å². The lowest BCUT2D eigenvalue weighted by molar-refractivity contribution is 0.102. The number of hydrogen-bond acceptors (Lipinski definition) is 4. The van der Waals surface area contributed by atoms with Crippen molar-refractivity contribution < 1.29 is 9.59 Å². The molecular formula is C26H29ClN4O2S. The number of unbranched alkanes of at least 4 members (excludes halogenated alkanes) is 1. The number of amides is 3. The van der Waals surface area contributed by atoms with E-state index in [1.54, 1.807) is 0 Å². The molecule has 1 fully saturated rings. The Morgan fingerprint density at radius 2 is 1.85 bits per heavy atom. The molecule has 0 aliphatic carbocycles. The Balaban J connectivity index is 1.37. The Kier molecular flexibility index (Phi) is 8.19. The van der Waals surface area contributed by atoms with Gasteiger partial charge in [0.2, 0.25) is 0 Å². The zero-order chi connectivity index (χ0) is 23.9. The van der Waals surface area contributed by atoms with Gasteiger partial charge in [0.05, 0.1) is 5.01 Å². The van der Waals surface area contributed by atoms with Gasteiger partial charge >= 0.3 is 6.03 Å². The smallest absolute Gasteiger partial charge is 0.317 e. The molecular weight excluding hydrogens is 468 g/mol. The number of benzene rings is 2. The van der Waals surface area contributed by atoms with E-state index in [0.717, 1.165) is 54.0 Å². The number of urea groups is 1. The van der Waals surface area contributed by atoms with E-state index in [2.05, 4.69) is 22.5 Å². The molecule has 3 aromatic rings. The van der Waals surface area contributed by atoms with Crippen LogP contribution >= 0.6 is 22.9 Å². The Hall–Kier alpha value is -2.90. The van der Waals surface area contributed by atoms with Crippen LogP contribution in [0.5, 0.6) is 0 Å². The normalized spacial score (nSPS) is 14.1. The first kappa shape index (κ1) is 24.2. The van der Waals surface area contributed by atoms with Crippen molar-refractivity contribution in [1.82, 2.24) is 15.2 Å². The largest absolute Gasteiger partial charge is 0.338 e. The molecule has 4 rings (SSSR count). The lowest BCUT2D eigenvalue weighted by Gasteiger charge is -2.31. The van der Waals surface area contributed by atoms with Crippen LogP contribution in [0.2, 0.25) is 5.02 Å². The van der Waals surface area contributed by atoms with Gasteiger partial charge in [-0.1, -0.05) is 55.3 Å². The SMILES string of the molecule is CCCCNC(=O)N1CCC(c2nc(C(=O)Nc3ccccc3-c3ccc(Cl)cc3)cs2)CC1. The predicted molar refractivity (Wildman–Crippen MR) is 139 cm³/mol. The van der Waals surface area contributed by atoms with E-state index in [-0.39, 0.29) is 17.9 Å². The zero-order valence-electron chi connectivity index (χ0n) is 19.2.